The van der Waals surface area contributed by atoms with Crippen LogP contribution in [0.15, 0.2) is 124 Å². The maximum atomic E-state index is 14.1. The van der Waals surface area contributed by atoms with Crippen molar-refractivity contribution in [1.82, 2.24) is 0 Å². The monoisotopic (exact) mass is 736 g/mol. The third-order valence-corrected chi connectivity index (χ3v) is 10.1. The lowest BCUT2D eigenvalue weighted by Gasteiger charge is -2.36. The molecule has 0 bridgehead atoms. The van der Waals surface area contributed by atoms with Gasteiger partial charge in [-0.25, -0.2) is 0 Å². The van der Waals surface area contributed by atoms with Crippen LogP contribution in [0.1, 0.15) is 38.2 Å². The number of benzene rings is 4. The van der Waals surface area contributed by atoms with Gasteiger partial charge in [0.05, 0.1) is 30.2 Å². The van der Waals surface area contributed by atoms with Crippen LogP contribution >= 0.6 is 15.9 Å². The van der Waals surface area contributed by atoms with Crippen molar-refractivity contribution >= 4 is 50.9 Å². The molecule has 0 aromatic heterocycles. The van der Waals surface area contributed by atoms with E-state index in [4.69, 9.17) is 4.74 Å². The van der Waals surface area contributed by atoms with Crippen molar-refractivity contribution in [2.45, 2.75) is 38.7 Å². The molecule has 4 aromatic carbocycles. The Morgan fingerprint density at radius 3 is 2.32 bits per heavy atom. The number of amides is 2. The third kappa shape index (κ3) is 7.70. The summed E-state index contributed by atoms with van der Waals surface area (Å²) in [5.74, 6) is -2.18. The predicted octanol–water partition coefficient (Wildman–Crippen LogP) is 8.03. The topological polar surface area (TPSA) is 119 Å². The Kier molecular flexibility index (Phi) is 11.2. The van der Waals surface area contributed by atoms with E-state index in [2.05, 4.69) is 21.2 Å². The molecular weight excluding hydrogens is 696 g/mol. The van der Waals surface area contributed by atoms with Crippen LogP contribution in [0.3, 0.4) is 0 Å². The molecule has 1 saturated heterocycles. The van der Waals surface area contributed by atoms with Crippen LogP contribution in [0.4, 0.5) is 17.1 Å². The number of phenolic OH excluding ortho intramolecular Hbond substituents is 1. The SMILES string of the molecule is CC/C(=C\c1cc(Br)ccc1O)CC[C@@H](O)C1=C(COc2ccccc2)C[C@H]2C(=O)N(c3ccc(Nc4ccccc4)cc3)C(=O)[C@H]2[C@H]1CO. The zero-order chi connectivity index (χ0) is 35.2. The molecule has 2 amide bonds. The molecule has 4 N–H and O–H groups in total. The van der Waals surface area contributed by atoms with E-state index in [1.54, 1.807) is 24.3 Å². The van der Waals surface area contributed by atoms with Gasteiger partial charge >= 0.3 is 0 Å². The highest BCUT2D eigenvalue weighted by atomic mass is 79.9. The smallest absolute Gasteiger partial charge is 0.238 e. The molecule has 6 rings (SSSR count). The molecule has 1 fully saturated rings. The molecule has 50 heavy (non-hydrogen) atoms. The first-order valence-corrected chi connectivity index (χ1v) is 17.7. The fourth-order valence-corrected chi connectivity index (χ4v) is 7.48. The summed E-state index contributed by atoms with van der Waals surface area (Å²) in [5, 5.41) is 36.4. The van der Waals surface area contributed by atoms with Crippen LogP contribution in [0.25, 0.3) is 6.08 Å². The molecule has 258 valence electrons. The van der Waals surface area contributed by atoms with Crippen LogP contribution in [-0.2, 0) is 9.59 Å². The van der Waals surface area contributed by atoms with E-state index in [-0.39, 0.29) is 30.6 Å². The molecule has 9 heteroatoms. The lowest BCUT2D eigenvalue weighted by atomic mass is 9.68. The standard InChI is InChI=1S/C41H41BrN2O6/c1-2-26(21-27-22-29(42)14-20-36(27)46)13-19-37(47)38-28(25-50-33-11-7-4-8-12-33)23-34-39(35(38)24-45)41(49)44(40(34)48)32-17-15-31(16-18-32)43-30-9-5-3-6-10-30/h3-12,14-18,20-22,34-35,37,39,43,45-47H,2,13,19,23-25H2,1H3/b26-21+/t34-,35+,37-,39-/m1/s1. The molecule has 1 heterocycles. The summed E-state index contributed by atoms with van der Waals surface area (Å²) in [5.41, 5.74) is 5.18. The van der Waals surface area contributed by atoms with Gasteiger partial charge in [-0.05, 0) is 104 Å². The average Bonchev–Trinajstić information content (AvgIpc) is 3.39. The van der Waals surface area contributed by atoms with Gasteiger partial charge in [0.1, 0.15) is 18.1 Å². The summed E-state index contributed by atoms with van der Waals surface area (Å²) < 4.78 is 6.99. The van der Waals surface area contributed by atoms with E-state index in [0.717, 1.165) is 27.0 Å². The number of aliphatic hydroxyl groups excluding tert-OH is 2. The van der Waals surface area contributed by atoms with Crippen molar-refractivity contribution in [3.8, 4) is 11.5 Å². The maximum absolute atomic E-state index is 14.1. The average molecular weight is 738 g/mol. The second-order valence-electron chi connectivity index (χ2n) is 12.7. The summed E-state index contributed by atoms with van der Waals surface area (Å²) in [4.78, 5) is 29.4. The second-order valence-corrected chi connectivity index (χ2v) is 13.7. The Balaban J connectivity index is 1.27. The number of aromatic hydroxyl groups is 1. The van der Waals surface area contributed by atoms with E-state index in [1.165, 1.54) is 4.90 Å². The minimum Gasteiger partial charge on any atom is -0.507 e. The molecule has 0 spiro atoms. The molecule has 4 atom stereocenters. The number of halogens is 1. The number of carbonyl (C=O) groups excluding carboxylic acids is 2. The van der Waals surface area contributed by atoms with Crippen LogP contribution in [0.2, 0.25) is 0 Å². The van der Waals surface area contributed by atoms with Gasteiger partial charge in [0.25, 0.3) is 0 Å². The molecule has 0 saturated carbocycles. The minimum atomic E-state index is -0.992. The number of nitrogens with zero attached hydrogens (tertiary/aromatic N) is 1. The second kappa shape index (κ2) is 15.9. The van der Waals surface area contributed by atoms with Crippen LogP contribution in [0.5, 0.6) is 11.5 Å². The van der Waals surface area contributed by atoms with Crippen molar-refractivity contribution in [3.05, 3.63) is 130 Å². The fourth-order valence-electron chi connectivity index (χ4n) is 7.11. The van der Waals surface area contributed by atoms with E-state index >= 15 is 0 Å². The lowest BCUT2D eigenvalue weighted by Crippen LogP contribution is -2.40. The van der Waals surface area contributed by atoms with E-state index in [9.17, 15) is 24.9 Å². The van der Waals surface area contributed by atoms with Gasteiger partial charge in [0.2, 0.25) is 11.8 Å². The number of fused-ring (bicyclic) bond motifs is 1. The normalized spacial score (nSPS) is 19.8. The Labute approximate surface area is 300 Å². The third-order valence-electron chi connectivity index (χ3n) is 9.63. The number of carbonyl (C=O) groups is 2. The highest BCUT2D eigenvalue weighted by Crippen LogP contribution is 2.47. The molecule has 0 radical (unpaired) electrons. The van der Waals surface area contributed by atoms with Gasteiger partial charge in [0, 0.05) is 27.3 Å². The number of ether oxygens (including phenoxy) is 1. The van der Waals surface area contributed by atoms with Crippen molar-refractivity contribution in [1.29, 1.82) is 0 Å². The minimum absolute atomic E-state index is 0.111. The number of phenols is 1. The number of allylic oxidation sites excluding steroid dienone is 1. The summed E-state index contributed by atoms with van der Waals surface area (Å²) in [6.07, 6.45) is 2.73. The van der Waals surface area contributed by atoms with Gasteiger partial charge in [-0.3, -0.25) is 14.5 Å². The molecule has 8 nitrogen and oxygen atoms in total. The van der Waals surface area contributed by atoms with Gasteiger partial charge in [-0.1, -0.05) is 70.9 Å². The number of nitrogens with one attached hydrogen (secondary N) is 1. The Hall–Kier alpha value is -4.70. The lowest BCUT2D eigenvalue weighted by molar-refractivity contribution is -0.123. The van der Waals surface area contributed by atoms with E-state index in [0.29, 0.717) is 41.8 Å². The Morgan fingerprint density at radius 2 is 1.64 bits per heavy atom. The zero-order valence-corrected chi connectivity index (χ0v) is 29.4. The molecule has 1 aliphatic heterocycles. The van der Waals surface area contributed by atoms with E-state index in [1.807, 2.05) is 91.9 Å². The number of imide groups is 1. The summed E-state index contributed by atoms with van der Waals surface area (Å²) in [6.45, 7) is 1.73. The number of rotatable bonds is 13. The zero-order valence-electron chi connectivity index (χ0n) is 27.8. The molecule has 4 aromatic rings. The Bertz CT molecular complexity index is 1880. The first-order valence-electron chi connectivity index (χ1n) is 16.9. The first-order chi connectivity index (χ1) is 24.3. The van der Waals surface area contributed by atoms with Crippen molar-refractivity contribution in [2.24, 2.45) is 17.8 Å². The van der Waals surface area contributed by atoms with Crippen LogP contribution in [0, 0.1) is 17.8 Å². The van der Waals surface area contributed by atoms with Crippen LogP contribution < -0.4 is 15.0 Å². The molecular formula is C41H41BrN2O6. The number of hydrogen-bond acceptors (Lipinski definition) is 7. The fraction of sp³-hybridized carbons (Fsp3) is 0.268. The van der Waals surface area contributed by atoms with Gasteiger partial charge in [-0.2, -0.15) is 0 Å². The van der Waals surface area contributed by atoms with Crippen molar-refractivity contribution in [2.75, 3.05) is 23.4 Å². The van der Waals surface area contributed by atoms with E-state index < -0.39 is 30.5 Å². The predicted molar refractivity (Wildman–Crippen MR) is 199 cm³/mol. The highest BCUT2D eigenvalue weighted by molar-refractivity contribution is 9.10. The van der Waals surface area contributed by atoms with Crippen molar-refractivity contribution < 1.29 is 29.6 Å². The highest BCUT2D eigenvalue weighted by Gasteiger charge is 2.55. The first kappa shape index (κ1) is 35.1. The number of hydrogen-bond donors (Lipinski definition) is 4. The quantitative estimate of drug-likeness (QED) is 0.0811. The summed E-state index contributed by atoms with van der Waals surface area (Å²) in [6, 6.07) is 31.4. The summed E-state index contributed by atoms with van der Waals surface area (Å²) in [7, 11) is 0. The number of para-hydroxylation sites is 2. The van der Waals surface area contributed by atoms with Gasteiger partial charge in [0.15, 0.2) is 0 Å². The maximum Gasteiger partial charge on any atom is 0.238 e. The van der Waals surface area contributed by atoms with Gasteiger partial charge < -0.3 is 25.4 Å². The Morgan fingerprint density at radius 1 is 0.960 bits per heavy atom. The number of aliphatic hydroxyl groups is 2. The number of anilines is 3. The molecule has 1 aliphatic carbocycles. The van der Waals surface area contributed by atoms with Gasteiger partial charge in [-0.15, -0.1) is 0 Å². The molecule has 0 unspecified atom stereocenters. The molecule has 2 aliphatic rings. The largest absolute Gasteiger partial charge is 0.507 e. The van der Waals surface area contributed by atoms with Crippen LogP contribution in [-0.4, -0.2) is 46.5 Å². The summed E-state index contributed by atoms with van der Waals surface area (Å²) >= 11 is 3.46. The van der Waals surface area contributed by atoms with Crippen molar-refractivity contribution in [3.63, 3.8) is 0 Å².